The number of amides is 1. The van der Waals surface area contributed by atoms with Crippen molar-refractivity contribution in [3.63, 3.8) is 0 Å². The second-order valence-electron chi connectivity index (χ2n) is 7.32. The molecular weight excluding hydrogens is 390 g/mol. The van der Waals surface area contributed by atoms with Crippen molar-refractivity contribution in [2.75, 3.05) is 31.1 Å². The molecule has 0 bridgehead atoms. The third kappa shape index (κ3) is 4.00. The predicted octanol–water partition coefficient (Wildman–Crippen LogP) is 2.89. The van der Waals surface area contributed by atoms with Crippen molar-refractivity contribution in [3.8, 4) is 22.5 Å². The number of aromatic nitrogens is 5. The zero-order valence-electron chi connectivity index (χ0n) is 16.8. The number of pyridine rings is 1. The molecule has 0 aliphatic carbocycles. The van der Waals surface area contributed by atoms with E-state index in [9.17, 15) is 4.79 Å². The second kappa shape index (κ2) is 8.35. The van der Waals surface area contributed by atoms with Gasteiger partial charge in [0.25, 0.3) is 5.91 Å². The van der Waals surface area contributed by atoms with E-state index in [1.165, 1.54) is 0 Å². The van der Waals surface area contributed by atoms with E-state index >= 15 is 0 Å². The summed E-state index contributed by atoms with van der Waals surface area (Å²) in [7, 11) is 0. The Balaban J connectivity index is 1.21. The lowest BCUT2D eigenvalue weighted by molar-refractivity contribution is 0.0740. The number of aromatic amines is 1. The molecule has 4 heterocycles. The molecule has 5 rings (SSSR count). The van der Waals surface area contributed by atoms with Gasteiger partial charge in [-0.1, -0.05) is 30.3 Å². The minimum atomic E-state index is -0.0338. The van der Waals surface area contributed by atoms with Crippen LogP contribution in [0.3, 0.4) is 0 Å². The van der Waals surface area contributed by atoms with Gasteiger partial charge in [-0.2, -0.15) is 5.10 Å². The maximum atomic E-state index is 12.9. The van der Waals surface area contributed by atoms with Gasteiger partial charge in [-0.05, 0) is 30.3 Å². The first-order valence-corrected chi connectivity index (χ1v) is 10.2. The fourth-order valence-electron chi connectivity index (χ4n) is 3.67. The maximum absolute atomic E-state index is 12.9. The predicted molar refractivity (Wildman–Crippen MR) is 117 cm³/mol. The van der Waals surface area contributed by atoms with Gasteiger partial charge >= 0.3 is 0 Å². The average Bonchev–Trinajstić information content (AvgIpc) is 3.35. The van der Waals surface area contributed by atoms with E-state index in [-0.39, 0.29) is 5.91 Å². The standard InChI is InChI=1S/C23H21N7O/c31-23(21-16-20(26-27-21)17-4-2-1-3-5-17)30-14-12-29(13-15-30)22-7-6-19(25-28-22)18-8-10-24-11-9-18/h1-11,16H,12-15H2,(H,26,27). The number of anilines is 1. The fourth-order valence-corrected chi connectivity index (χ4v) is 3.67. The molecule has 1 aliphatic rings. The largest absolute Gasteiger partial charge is 0.352 e. The minimum Gasteiger partial charge on any atom is -0.352 e. The van der Waals surface area contributed by atoms with Crippen molar-refractivity contribution in [3.05, 3.63) is 78.8 Å². The van der Waals surface area contributed by atoms with Crippen LogP contribution in [-0.4, -0.2) is 62.4 Å². The molecular formula is C23H21N7O. The van der Waals surface area contributed by atoms with Gasteiger partial charge in [0, 0.05) is 49.7 Å². The molecule has 1 amide bonds. The number of piperazine rings is 1. The van der Waals surface area contributed by atoms with Crippen LogP contribution >= 0.6 is 0 Å². The van der Waals surface area contributed by atoms with Crippen LogP contribution in [0, 0.1) is 0 Å². The summed E-state index contributed by atoms with van der Waals surface area (Å²) in [5.41, 5.74) is 4.06. The zero-order chi connectivity index (χ0) is 21.0. The molecule has 0 unspecified atom stereocenters. The number of nitrogens with zero attached hydrogens (tertiary/aromatic N) is 6. The first-order chi connectivity index (χ1) is 15.3. The molecule has 31 heavy (non-hydrogen) atoms. The smallest absolute Gasteiger partial charge is 0.272 e. The average molecular weight is 411 g/mol. The molecule has 0 atom stereocenters. The number of H-pyrrole nitrogens is 1. The third-order valence-electron chi connectivity index (χ3n) is 5.40. The van der Waals surface area contributed by atoms with Gasteiger partial charge in [0.05, 0.1) is 11.4 Å². The van der Waals surface area contributed by atoms with E-state index in [4.69, 9.17) is 0 Å². The minimum absolute atomic E-state index is 0.0338. The Morgan fingerprint density at radius 2 is 1.55 bits per heavy atom. The van der Waals surface area contributed by atoms with Crippen molar-refractivity contribution >= 4 is 11.7 Å². The summed E-state index contributed by atoms with van der Waals surface area (Å²) in [5.74, 6) is 0.784. The van der Waals surface area contributed by atoms with Gasteiger partial charge in [0.1, 0.15) is 5.69 Å². The number of hydrogen-bond acceptors (Lipinski definition) is 6. The van der Waals surface area contributed by atoms with Crippen LogP contribution in [0.1, 0.15) is 10.5 Å². The van der Waals surface area contributed by atoms with Crippen molar-refractivity contribution < 1.29 is 4.79 Å². The molecule has 154 valence electrons. The lowest BCUT2D eigenvalue weighted by atomic mass is 10.1. The highest BCUT2D eigenvalue weighted by Crippen LogP contribution is 2.20. The van der Waals surface area contributed by atoms with Crippen LogP contribution in [0.25, 0.3) is 22.5 Å². The monoisotopic (exact) mass is 411 g/mol. The molecule has 0 spiro atoms. The summed E-state index contributed by atoms with van der Waals surface area (Å²) >= 11 is 0. The van der Waals surface area contributed by atoms with Crippen LogP contribution in [0.5, 0.6) is 0 Å². The molecule has 1 fully saturated rings. The Morgan fingerprint density at radius 3 is 2.26 bits per heavy atom. The van der Waals surface area contributed by atoms with Gasteiger partial charge in [0.2, 0.25) is 0 Å². The normalized spacial score (nSPS) is 13.9. The van der Waals surface area contributed by atoms with Gasteiger partial charge in [-0.15, -0.1) is 10.2 Å². The molecule has 0 saturated carbocycles. The van der Waals surface area contributed by atoms with Crippen LogP contribution in [0.2, 0.25) is 0 Å². The lowest BCUT2D eigenvalue weighted by Crippen LogP contribution is -2.49. The van der Waals surface area contributed by atoms with Gasteiger partial charge in [0.15, 0.2) is 5.82 Å². The number of hydrogen-bond donors (Lipinski definition) is 1. The number of carbonyl (C=O) groups is 1. The van der Waals surface area contributed by atoms with Gasteiger partial charge in [-0.3, -0.25) is 14.9 Å². The van der Waals surface area contributed by atoms with E-state index in [1.807, 2.05) is 65.6 Å². The molecule has 1 saturated heterocycles. The summed E-state index contributed by atoms with van der Waals surface area (Å²) in [6.45, 7) is 2.64. The van der Waals surface area contributed by atoms with Crippen molar-refractivity contribution in [2.24, 2.45) is 0 Å². The zero-order valence-corrected chi connectivity index (χ0v) is 16.8. The maximum Gasteiger partial charge on any atom is 0.272 e. The van der Waals surface area contributed by atoms with E-state index in [2.05, 4.69) is 30.3 Å². The number of benzene rings is 1. The second-order valence-corrected chi connectivity index (χ2v) is 7.32. The molecule has 4 aromatic rings. The molecule has 8 heteroatoms. The molecule has 0 radical (unpaired) electrons. The summed E-state index contributed by atoms with van der Waals surface area (Å²) in [4.78, 5) is 20.9. The summed E-state index contributed by atoms with van der Waals surface area (Å²) < 4.78 is 0. The third-order valence-corrected chi connectivity index (χ3v) is 5.40. The molecule has 1 N–H and O–H groups in total. The Bertz CT molecular complexity index is 1150. The quantitative estimate of drug-likeness (QED) is 0.555. The Kier molecular flexibility index (Phi) is 5.10. The summed E-state index contributed by atoms with van der Waals surface area (Å²) in [6, 6.07) is 19.4. The molecule has 8 nitrogen and oxygen atoms in total. The molecule has 1 aromatic carbocycles. The SMILES string of the molecule is O=C(c1cc(-c2ccccc2)n[nH]1)N1CCN(c2ccc(-c3ccncc3)nn2)CC1. The van der Waals surface area contributed by atoms with Crippen LogP contribution in [0.4, 0.5) is 5.82 Å². The highest BCUT2D eigenvalue weighted by atomic mass is 16.2. The summed E-state index contributed by atoms with van der Waals surface area (Å²) in [6.07, 6.45) is 3.48. The van der Waals surface area contributed by atoms with E-state index in [0.29, 0.717) is 31.9 Å². The molecule has 3 aromatic heterocycles. The van der Waals surface area contributed by atoms with Crippen molar-refractivity contribution in [1.82, 2.24) is 30.3 Å². The van der Waals surface area contributed by atoms with Crippen LogP contribution in [0.15, 0.2) is 73.1 Å². The highest BCUT2D eigenvalue weighted by molar-refractivity contribution is 5.93. The van der Waals surface area contributed by atoms with Crippen molar-refractivity contribution in [1.29, 1.82) is 0 Å². The molecule has 1 aliphatic heterocycles. The van der Waals surface area contributed by atoms with Crippen LogP contribution < -0.4 is 4.90 Å². The summed E-state index contributed by atoms with van der Waals surface area (Å²) in [5, 5.41) is 15.9. The Hall–Kier alpha value is -4.07. The first-order valence-electron chi connectivity index (χ1n) is 10.2. The van der Waals surface area contributed by atoms with E-state index in [1.54, 1.807) is 12.4 Å². The van der Waals surface area contributed by atoms with Crippen LogP contribution in [-0.2, 0) is 0 Å². The van der Waals surface area contributed by atoms with E-state index in [0.717, 1.165) is 28.3 Å². The van der Waals surface area contributed by atoms with Crippen molar-refractivity contribution in [2.45, 2.75) is 0 Å². The Labute approximate surface area is 179 Å². The fraction of sp³-hybridized carbons (Fsp3) is 0.174. The number of carbonyl (C=O) groups excluding carboxylic acids is 1. The van der Waals surface area contributed by atoms with Gasteiger partial charge in [-0.25, -0.2) is 0 Å². The highest BCUT2D eigenvalue weighted by Gasteiger charge is 2.24. The van der Waals surface area contributed by atoms with E-state index < -0.39 is 0 Å². The van der Waals surface area contributed by atoms with Gasteiger partial charge < -0.3 is 9.80 Å². The topological polar surface area (TPSA) is 90.9 Å². The lowest BCUT2D eigenvalue weighted by Gasteiger charge is -2.34. The Morgan fingerprint density at radius 1 is 0.806 bits per heavy atom. The number of rotatable bonds is 4. The number of nitrogens with one attached hydrogen (secondary N) is 1. The first kappa shape index (κ1) is 18.9.